The van der Waals surface area contributed by atoms with E-state index in [0.29, 0.717) is 12.2 Å². The van der Waals surface area contributed by atoms with Gasteiger partial charge in [0.2, 0.25) is 10.0 Å². The molecule has 0 aliphatic carbocycles. The third-order valence-electron chi connectivity index (χ3n) is 2.42. The molecule has 0 radical (unpaired) electrons. The Morgan fingerprint density at radius 2 is 2.21 bits per heavy atom. The summed E-state index contributed by atoms with van der Waals surface area (Å²) in [7, 11) is -4.65. The highest BCUT2D eigenvalue weighted by Crippen LogP contribution is 2.18. The maximum atomic E-state index is 12.1. The fourth-order valence-corrected chi connectivity index (χ4v) is 3.52. The van der Waals surface area contributed by atoms with Gasteiger partial charge in [0.15, 0.2) is 0 Å². The van der Waals surface area contributed by atoms with E-state index in [1.165, 1.54) is 18.5 Å². The molecule has 2 unspecified atom stereocenters. The Morgan fingerprint density at radius 1 is 1.53 bits per heavy atom. The lowest BCUT2D eigenvalue weighted by molar-refractivity contribution is 0.555. The third-order valence-corrected chi connectivity index (χ3v) is 4.85. The zero-order chi connectivity index (χ0) is 14.5. The van der Waals surface area contributed by atoms with Crippen molar-refractivity contribution in [1.82, 2.24) is 9.71 Å². The molecule has 108 valence electrons. The van der Waals surface area contributed by atoms with Crippen LogP contribution >= 0.6 is 0 Å². The predicted octanol–water partition coefficient (Wildman–Crippen LogP) is -0.197. The van der Waals surface area contributed by atoms with Crippen molar-refractivity contribution >= 4 is 26.5 Å². The van der Waals surface area contributed by atoms with E-state index in [9.17, 15) is 12.6 Å². The van der Waals surface area contributed by atoms with Crippen LogP contribution in [0, 0.1) is 0 Å². The number of aromatic nitrogens is 1. The molecule has 1 aromatic rings. The van der Waals surface area contributed by atoms with Gasteiger partial charge in [0.1, 0.15) is 4.90 Å². The van der Waals surface area contributed by atoms with Crippen molar-refractivity contribution < 1.29 is 12.6 Å². The molecule has 2 atom stereocenters. The molecule has 0 aromatic carbocycles. The lowest BCUT2D eigenvalue weighted by atomic mass is 10.3. The second-order valence-corrected chi connectivity index (χ2v) is 7.34. The van der Waals surface area contributed by atoms with E-state index in [0.717, 1.165) is 0 Å². The van der Waals surface area contributed by atoms with Crippen LogP contribution in [-0.2, 0) is 20.8 Å². The van der Waals surface area contributed by atoms with Gasteiger partial charge in [0, 0.05) is 41.2 Å². The van der Waals surface area contributed by atoms with E-state index < -0.39 is 20.8 Å². The van der Waals surface area contributed by atoms with Crippen LogP contribution < -0.4 is 16.0 Å². The molecule has 0 bridgehead atoms. The van der Waals surface area contributed by atoms with Gasteiger partial charge in [-0.3, -0.25) is 15.0 Å². The molecular weight excluding hydrogens is 288 g/mol. The Balaban J connectivity index is 2.83. The van der Waals surface area contributed by atoms with Crippen molar-refractivity contribution in [2.75, 3.05) is 17.4 Å². The van der Waals surface area contributed by atoms with Gasteiger partial charge in [-0.05, 0) is 19.4 Å². The summed E-state index contributed by atoms with van der Waals surface area (Å²) in [4.78, 5) is 3.77. The first-order chi connectivity index (χ1) is 8.86. The highest BCUT2D eigenvalue weighted by molar-refractivity contribution is 7.89. The molecule has 0 aliphatic rings. The lowest BCUT2D eigenvalue weighted by Crippen LogP contribution is -2.34. The van der Waals surface area contributed by atoms with Crippen molar-refractivity contribution in [2.24, 2.45) is 5.84 Å². The molecule has 0 spiro atoms. The van der Waals surface area contributed by atoms with Crippen LogP contribution in [0.1, 0.15) is 13.3 Å². The van der Waals surface area contributed by atoms with Crippen molar-refractivity contribution in [1.29, 1.82) is 0 Å². The number of sulfonamides is 1. The number of pyridine rings is 1. The molecule has 19 heavy (non-hydrogen) atoms. The van der Waals surface area contributed by atoms with E-state index >= 15 is 0 Å². The average molecular weight is 306 g/mol. The Kier molecular flexibility index (Phi) is 5.85. The van der Waals surface area contributed by atoms with Gasteiger partial charge >= 0.3 is 0 Å². The third kappa shape index (κ3) is 4.86. The SMILES string of the molecule is CC(CCS(C)=O)NS(=O)(=O)c1cnccc1NN. The maximum Gasteiger partial charge on any atom is 0.244 e. The van der Waals surface area contributed by atoms with Crippen LogP contribution in [0.5, 0.6) is 0 Å². The van der Waals surface area contributed by atoms with Crippen LogP contribution in [0.15, 0.2) is 23.4 Å². The number of hydrogen-bond acceptors (Lipinski definition) is 6. The van der Waals surface area contributed by atoms with Crippen molar-refractivity contribution in [3.05, 3.63) is 18.5 Å². The van der Waals surface area contributed by atoms with E-state index in [1.54, 1.807) is 13.2 Å². The fraction of sp³-hybridized carbons (Fsp3) is 0.500. The molecule has 4 N–H and O–H groups in total. The van der Waals surface area contributed by atoms with E-state index in [4.69, 9.17) is 5.84 Å². The van der Waals surface area contributed by atoms with E-state index in [1.807, 2.05) is 0 Å². The van der Waals surface area contributed by atoms with E-state index in [-0.39, 0.29) is 16.6 Å². The predicted molar refractivity (Wildman–Crippen MR) is 75.4 cm³/mol. The largest absolute Gasteiger partial charge is 0.323 e. The van der Waals surface area contributed by atoms with Gasteiger partial charge in [0.25, 0.3) is 0 Å². The molecule has 9 heteroatoms. The number of hydrogen-bond donors (Lipinski definition) is 3. The molecule has 0 fully saturated rings. The number of hydrazine groups is 1. The number of rotatable bonds is 7. The van der Waals surface area contributed by atoms with Crippen LogP contribution in [0.3, 0.4) is 0 Å². The Labute approximate surface area is 115 Å². The van der Waals surface area contributed by atoms with Gasteiger partial charge in [-0.2, -0.15) is 0 Å². The summed E-state index contributed by atoms with van der Waals surface area (Å²) < 4.78 is 37.8. The number of nitrogens with one attached hydrogen (secondary N) is 2. The Hall–Kier alpha value is -1.03. The van der Waals surface area contributed by atoms with Gasteiger partial charge in [-0.1, -0.05) is 0 Å². The molecule has 0 amide bonds. The molecule has 0 saturated heterocycles. The highest BCUT2D eigenvalue weighted by atomic mass is 32.2. The summed E-state index contributed by atoms with van der Waals surface area (Å²) >= 11 is 0. The zero-order valence-electron chi connectivity index (χ0n) is 10.8. The van der Waals surface area contributed by atoms with Gasteiger partial charge < -0.3 is 5.43 Å². The summed E-state index contributed by atoms with van der Waals surface area (Å²) in [6, 6.07) is 1.15. The van der Waals surface area contributed by atoms with Crippen LogP contribution in [0.4, 0.5) is 5.69 Å². The van der Waals surface area contributed by atoms with Crippen molar-refractivity contribution in [2.45, 2.75) is 24.3 Å². The van der Waals surface area contributed by atoms with Gasteiger partial charge in [-0.25, -0.2) is 13.1 Å². The minimum atomic E-state index is -3.70. The first-order valence-electron chi connectivity index (χ1n) is 5.60. The fourth-order valence-electron chi connectivity index (χ4n) is 1.44. The quantitative estimate of drug-likeness (QED) is 0.475. The Morgan fingerprint density at radius 3 is 2.79 bits per heavy atom. The first kappa shape index (κ1) is 16.0. The summed E-state index contributed by atoms with van der Waals surface area (Å²) in [6.45, 7) is 1.72. The molecule has 1 rings (SSSR count). The summed E-state index contributed by atoms with van der Waals surface area (Å²) in [5.74, 6) is 5.71. The van der Waals surface area contributed by atoms with Crippen molar-refractivity contribution in [3.8, 4) is 0 Å². The standard InChI is InChI=1S/C10H18N4O3S2/c1-8(4-6-18(2)15)14-19(16,17)10-7-12-5-3-9(10)13-11/h3,5,7-8,14H,4,6,11H2,1-2H3,(H,12,13). The number of nitrogen functional groups attached to an aromatic ring is 1. The minimum Gasteiger partial charge on any atom is -0.323 e. The smallest absolute Gasteiger partial charge is 0.244 e. The van der Waals surface area contributed by atoms with Gasteiger partial charge in [-0.15, -0.1) is 0 Å². The molecular formula is C10H18N4O3S2. The topological polar surface area (TPSA) is 114 Å². The van der Waals surface area contributed by atoms with Crippen LogP contribution in [0.2, 0.25) is 0 Å². The molecule has 7 nitrogen and oxygen atoms in total. The number of nitrogens with zero attached hydrogens (tertiary/aromatic N) is 1. The maximum absolute atomic E-state index is 12.1. The average Bonchev–Trinajstić information content (AvgIpc) is 2.35. The molecule has 1 aromatic heterocycles. The zero-order valence-corrected chi connectivity index (χ0v) is 12.4. The lowest BCUT2D eigenvalue weighted by Gasteiger charge is -2.15. The summed E-state index contributed by atoms with van der Waals surface area (Å²) in [5.41, 5.74) is 2.59. The second kappa shape index (κ2) is 6.94. The van der Waals surface area contributed by atoms with Crippen LogP contribution in [0.25, 0.3) is 0 Å². The number of anilines is 1. The molecule has 0 aliphatic heterocycles. The van der Waals surface area contributed by atoms with Crippen molar-refractivity contribution in [3.63, 3.8) is 0 Å². The monoisotopic (exact) mass is 306 g/mol. The molecule has 1 heterocycles. The van der Waals surface area contributed by atoms with Crippen LogP contribution in [-0.4, -0.2) is 35.7 Å². The first-order valence-corrected chi connectivity index (χ1v) is 8.81. The highest BCUT2D eigenvalue weighted by Gasteiger charge is 2.20. The van der Waals surface area contributed by atoms with E-state index in [2.05, 4.69) is 15.1 Å². The minimum absolute atomic E-state index is 0.0121. The molecule has 0 saturated carbocycles. The van der Waals surface area contributed by atoms with Gasteiger partial charge in [0.05, 0.1) is 5.69 Å². The normalized spacial score (nSPS) is 14.9. The second-order valence-electron chi connectivity index (χ2n) is 4.10. The summed E-state index contributed by atoms with van der Waals surface area (Å²) in [6.07, 6.45) is 4.74. The summed E-state index contributed by atoms with van der Waals surface area (Å²) in [5, 5.41) is 0. The number of nitrogens with two attached hydrogens (primary N) is 1. The Bertz CT molecular complexity index is 547.